The fraction of sp³-hybridized carbons (Fsp3) is 0.444. The van der Waals surface area contributed by atoms with E-state index in [1.54, 1.807) is 20.5 Å². The molecule has 1 aromatic carbocycles. The van der Waals surface area contributed by atoms with Crippen molar-refractivity contribution < 1.29 is 9.47 Å². The van der Waals surface area contributed by atoms with Gasteiger partial charge in [0.15, 0.2) is 0 Å². The van der Waals surface area contributed by atoms with Gasteiger partial charge in [0.1, 0.15) is 17.9 Å². The number of anilines is 1. The number of ether oxygens (including phenoxy) is 2. The average Bonchev–Trinajstić information content (AvgIpc) is 3.07. The Bertz CT molecular complexity index is 675. The molecule has 3 rings (SSSR count). The quantitative estimate of drug-likeness (QED) is 0.837. The Labute approximate surface area is 143 Å². The maximum Gasteiger partial charge on any atom is 0.218 e. The molecule has 1 saturated heterocycles. The van der Waals surface area contributed by atoms with E-state index in [1.165, 1.54) is 5.56 Å². The van der Waals surface area contributed by atoms with E-state index in [1.807, 2.05) is 18.2 Å². The Morgan fingerprint density at radius 3 is 2.42 bits per heavy atom. The Balaban J connectivity index is 1.85. The van der Waals surface area contributed by atoms with Gasteiger partial charge in [-0.3, -0.25) is 0 Å². The standard InChI is InChI=1S/C18H24N4O2/c1-21(2)16-11-22(17-9-18(24-4)20-12-19-17)10-15(16)13-5-7-14(23-3)8-6-13/h5-9,12,15-16H,10-11H2,1-4H3/t15-,16+/m0/s1. The van der Waals surface area contributed by atoms with Crippen LogP contribution in [0.15, 0.2) is 36.7 Å². The van der Waals surface area contributed by atoms with Gasteiger partial charge in [-0.05, 0) is 31.8 Å². The van der Waals surface area contributed by atoms with Gasteiger partial charge >= 0.3 is 0 Å². The molecule has 128 valence electrons. The number of hydrogen-bond donors (Lipinski definition) is 0. The molecule has 1 aliphatic heterocycles. The van der Waals surface area contributed by atoms with E-state index in [4.69, 9.17) is 9.47 Å². The summed E-state index contributed by atoms with van der Waals surface area (Å²) in [6.45, 7) is 1.83. The number of aromatic nitrogens is 2. The van der Waals surface area contributed by atoms with Crippen LogP contribution in [0.4, 0.5) is 5.82 Å². The summed E-state index contributed by atoms with van der Waals surface area (Å²) in [6.07, 6.45) is 1.56. The fourth-order valence-electron chi connectivity index (χ4n) is 3.29. The van der Waals surface area contributed by atoms with Crippen molar-refractivity contribution in [1.29, 1.82) is 0 Å². The summed E-state index contributed by atoms with van der Waals surface area (Å²) >= 11 is 0. The summed E-state index contributed by atoms with van der Waals surface area (Å²) < 4.78 is 10.5. The van der Waals surface area contributed by atoms with Gasteiger partial charge in [0.05, 0.1) is 14.2 Å². The first kappa shape index (κ1) is 16.5. The SMILES string of the molecule is COc1ccc([C@@H]2CN(c3cc(OC)ncn3)C[C@H]2N(C)C)cc1. The molecule has 0 unspecified atom stereocenters. The molecule has 1 aromatic heterocycles. The summed E-state index contributed by atoms with van der Waals surface area (Å²) in [5.74, 6) is 2.79. The summed E-state index contributed by atoms with van der Waals surface area (Å²) in [6, 6.07) is 10.7. The highest BCUT2D eigenvalue weighted by Gasteiger charge is 2.35. The monoisotopic (exact) mass is 328 g/mol. The van der Waals surface area contributed by atoms with E-state index in [2.05, 4.69) is 46.0 Å². The highest BCUT2D eigenvalue weighted by atomic mass is 16.5. The van der Waals surface area contributed by atoms with E-state index < -0.39 is 0 Å². The molecular weight excluding hydrogens is 304 g/mol. The van der Waals surface area contributed by atoms with Crippen molar-refractivity contribution in [1.82, 2.24) is 14.9 Å². The van der Waals surface area contributed by atoms with E-state index in [0.29, 0.717) is 17.8 Å². The molecule has 0 N–H and O–H groups in total. The van der Waals surface area contributed by atoms with Crippen LogP contribution in [-0.4, -0.2) is 62.3 Å². The lowest BCUT2D eigenvalue weighted by Crippen LogP contribution is -2.34. The lowest BCUT2D eigenvalue weighted by Gasteiger charge is -2.25. The molecule has 1 fully saturated rings. The Morgan fingerprint density at radius 2 is 1.79 bits per heavy atom. The van der Waals surface area contributed by atoms with Crippen molar-refractivity contribution in [3.8, 4) is 11.6 Å². The van der Waals surface area contributed by atoms with Crippen LogP contribution in [0.1, 0.15) is 11.5 Å². The van der Waals surface area contributed by atoms with Crippen molar-refractivity contribution in [2.24, 2.45) is 0 Å². The van der Waals surface area contributed by atoms with Gasteiger partial charge in [-0.25, -0.2) is 9.97 Å². The highest BCUT2D eigenvalue weighted by Crippen LogP contribution is 2.33. The first-order chi connectivity index (χ1) is 11.6. The second-order valence-electron chi connectivity index (χ2n) is 6.23. The molecular formula is C18H24N4O2. The molecule has 2 heterocycles. The molecule has 0 radical (unpaired) electrons. The minimum atomic E-state index is 0.409. The van der Waals surface area contributed by atoms with Crippen LogP contribution in [0.3, 0.4) is 0 Å². The van der Waals surface area contributed by atoms with Crippen molar-refractivity contribution in [2.75, 3.05) is 46.3 Å². The fourth-order valence-corrected chi connectivity index (χ4v) is 3.29. The summed E-state index contributed by atoms with van der Waals surface area (Å²) in [7, 11) is 7.58. The van der Waals surface area contributed by atoms with Crippen LogP contribution < -0.4 is 14.4 Å². The molecule has 0 bridgehead atoms. The second kappa shape index (κ2) is 7.05. The number of benzene rings is 1. The number of rotatable bonds is 5. The molecule has 0 saturated carbocycles. The summed E-state index contributed by atoms with van der Waals surface area (Å²) in [5.41, 5.74) is 1.32. The third-order valence-electron chi connectivity index (χ3n) is 4.66. The van der Waals surface area contributed by atoms with E-state index in [9.17, 15) is 0 Å². The molecule has 0 amide bonds. The minimum Gasteiger partial charge on any atom is -0.497 e. The van der Waals surface area contributed by atoms with E-state index in [-0.39, 0.29) is 0 Å². The van der Waals surface area contributed by atoms with E-state index in [0.717, 1.165) is 24.7 Å². The maximum atomic E-state index is 5.27. The molecule has 1 aliphatic rings. The minimum absolute atomic E-state index is 0.409. The zero-order valence-corrected chi connectivity index (χ0v) is 14.6. The molecule has 2 atom stereocenters. The number of hydrogen-bond acceptors (Lipinski definition) is 6. The Kier molecular flexibility index (Phi) is 4.85. The molecule has 6 heteroatoms. The zero-order chi connectivity index (χ0) is 17.1. The third kappa shape index (κ3) is 3.28. The van der Waals surface area contributed by atoms with Gasteiger partial charge in [0, 0.05) is 31.1 Å². The molecule has 24 heavy (non-hydrogen) atoms. The van der Waals surface area contributed by atoms with Crippen molar-refractivity contribution >= 4 is 5.82 Å². The van der Waals surface area contributed by atoms with Crippen LogP contribution in [0.25, 0.3) is 0 Å². The lowest BCUT2D eigenvalue weighted by molar-refractivity contribution is 0.292. The van der Waals surface area contributed by atoms with Gasteiger partial charge < -0.3 is 19.3 Å². The van der Waals surface area contributed by atoms with Crippen LogP contribution in [0.2, 0.25) is 0 Å². The van der Waals surface area contributed by atoms with Gasteiger partial charge in [-0.2, -0.15) is 0 Å². The number of methoxy groups -OCH3 is 2. The van der Waals surface area contributed by atoms with Crippen molar-refractivity contribution in [3.63, 3.8) is 0 Å². The molecule has 0 aliphatic carbocycles. The largest absolute Gasteiger partial charge is 0.497 e. The maximum absolute atomic E-state index is 5.27. The van der Waals surface area contributed by atoms with Crippen LogP contribution in [-0.2, 0) is 0 Å². The van der Waals surface area contributed by atoms with Crippen LogP contribution in [0.5, 0.6) is 11.6 Å². The first-order valence-corrected chi connectivity index (χ1v) is 8.03. The second-order valence-corrected chi connectivity index (χ2v) is 6.23. The number of nitrogens with zero attached hydrogens (tertiary/aromatic N) is 4. The highest BCUT2D eigenvalue weighted by molar-refractivity contribution is 5.45. The Hall–Kier alpha value is -2.34. The third-order valence-corrected chi connectivity index (χ3v) is 4.66. The van der Waals surface area contributed by atoms with Gasteiger partial charge in [0.2, 0.25) is 5.88 Å². The molecule has 0 spiro atoms. The molecule has 6 nitrogen and oxygen atoms in total. The topological polar surface area (TPSA) is 50.7 Å². The number of likely N-dealkylation sites (N-methyl/N-ethyl adjacent to an activating group) is 1. The van der Waals surface area contributed by atoms with Gasteiger partial charge in [-0.15, -0.1) is 0 Å². The van der Waals surface area contributed by atoms with Crippen LogP contribution >= 0.6 is 0 Å². The van der Waals surface area contributed by atoms with Gasteiger partial charge in [-0.1, -0.05) is 12.1 Å². The average molecular weight is 328 g/mol. The summed E-state index contributed by atoms with van der Waals surface area (Å²) in [4.78, 5) is 13.1. The Morgan fingerprint density at radius 1 is 1.04 bits per heavy atom. The normalized spacial score (nSPS) is 20.5. The molecule has 2 aromatic rings. The summed E-state index contributed by atoms with van der Waals surface area (Å²) in [5, 5.41) is 0. The predicted octanol–water partition coefficient (Wildman–Crippen LogP) is 2.03. The smallest absolute Gasteiger partial charge is 0.218 e. The zero-order valence-electron chi connectivity index (χ0n) is 14.6. The van der Waals surface area contributed by atoms with Crippen molar-refractivity contribution in [2.45, 2.75) is 12.0 Å². The predicted molar refractivity (Wildman–Crippen MR) is 94.0 cm³/mol. The van der Waals surface area contributed by atoms with Crippen LogP contribution in [0, 0.1) is 0 Å². The van der Waals surface area contributed by atoms with E-state index >= 15 is 0 Å². The van der Waals surface area contributed by atoms with Gasteiger partial charge in [0.25, 0.3) is 0 Å². The lowest BCUT2D eigenvalue weighted by atomic mass is 9.93. The van der Waals surface area contributed by atoms with Crippen molar-refractivity contribution in [3.05, 3.63) is 42.2 Å². The first-order valence-electron chi connectivity index (χ1n) is 8.03.